The van der Waals surface area contributed by atoms with Crippen molar-refractivity contribution in [3.05, 3.63) is 52.2 Å². The Morgan fingerprint density at radius 2 is 1.89 bits per heavy atom. The lowest BCUT2D eigenvalue weighted by molar-refractivity contribution is 0.0935. The van der Waals surface area contributed by atoms with Crippen LogP contribution in [-0.4, -0.2) is 44.9 Å². The monoisotopic (exact) mass is 423 g/mol. The van der Waals surface area contributed by atoms with Crippen LogP contribution in [0, 0.1) is 0 Å². The average molecular weight is 424 g/mol. The molecule has 0 aliphatic carbocycles. The SMILES string of the molecule is CCN(CC)C(CNC(=O)c1cccc(S(=O)(=O)NC(C)C)c1)c1ccsc1. The minimum atomic E-state index is -3.64. The first-order chi connectivity index (χ1) is 13.3. The predicted octanol–water partition coefficient (Wildman–Crippen LogP) is 3.25. The minimum absolute atomic E-state index is 0.0831. The van der Waals surface area contributed by atoms with Gasteiger partial charge in [0.1, 0.15) is 0 Å². The fourth-order valence-corrected chi connectivity index (χ4v) is 5.06. The number of hydrogen-bond acceptors (Lipinski definition) is 5. The lowest BCUT2D eigenvalue weighted by atomic mass is 10.1. The molecule has 1 heterocycles. The van der Waals surface area contributed by atoms with Crippen LogP contribution < -0.4 is 10.0 Å². The van der Waals surface area contributed by atoms with Gasteiger partial charge in [0.05, 0.1) is 10.9 Å². The molecule has 28 heavy (non-hydrogen) atoms. The summed E-state index contributed by atoms with van der Waals surface area (Å²) in [5.74, 6) is -0.283. The van der Waals surface area contributed by atoms with Crippen molar-refractivity contribution in [2.45, 2.75) is 44.7 Å². The molecule has 8 heteroatoms. The number of sulfonamides is 1. The second kappa shape index (κ2) is 10.2. The van der Waals surface area contributed by atoms with Crippen molar-refractivity contribution in [2.24, 2.45) is 0 Å². The van der Waals surface area contributed by atoms with Crippen LogP contribution in [0.1, 0.15) is 49.7 Å². The van der Waals surface area contributed by atoms with Crippen LogP contribution in [0.3, 0.4) is 0 Å². The van der Waals surface area contributed by atoms with Gasteiger partial charge < -0.3 is 5.32 Å². The molecule has 0 aliphatic rings. The van der Waals surface area contributed by atoms with E-state index in [1.54, 1.807) is 37.3 Å². The highest BCUT2D eigenvalue weighted by atomic mass is 32.2. The Hall–Kier alpha value is -1.74. The van der Waals surface area contributed by atoms with Gasteiger partial charge in [-0.05, 0) is 67.5 Å². The Morgan fingerprint density at radius 1 is 1.18 bits per heavy atom. The van der Waals surface area contributed by atoms with E-state index in [9.17, 15) is 13.2 Å². The first-order valence-electron chi connectivity index (χ1n) is 9.45. The summed E-state index contributed by atoms with van der Waals surface area (Å²) < 4.78 is 27.3. The number of carbonyl (C=O) groups excluding carboxylic acids is 1. The summed E-state index contributed by atoms with van der Waals surface area (Å²) in [7, 11) is -3.64. The highest BCUT2D eigenvalue weighted by molar-refractivity contribution is 7.89. The molecule has 0 saturated heterocycles. The molecule has 0 spiro atoms. The highest BCUT2D eigenvalue weighted by Gasteiger charge is 2.21. The van der Waals surface area contributed by atoms with E-state index in [0.717, 1.165) is 13.1 Å². The molecule has 6 nitrogen and oxygen atoms in total. The number of nitrogens with zero attached hydrogens (tertiary/aromatic N) is 1. The molecule has 2 aromatic rings. The van der Waals surface area contributed by atoms with Crippen molar-refractivity contribution >= 4 is 27.3 Å². The Bertz CT molecular complexity index is 861. The van der Waals surface area contributed by atoms with Crippen molar-refractivity contribution in [3.63, 3.8) is 0 Å². The van der Waals surface area contributed by atoms with Crippen molar-refractivity contribution in [3.8, 4) is 0 Å². The van der Waals surface area contributed by atoms with Crippen LogP contribution in [0.25, 0.3) is 0 Å². The molecule has 1 aromatic carbocycles. The Labute approximate surface area is 172 Å². The van der Waals surface area contributed by atoms with Crippen molar-refractivity contribution in [1.82, 2.24) is 14.9 Å². The molecule has 0 bridgehead atoms. The van der Waals surface area contributed by atoms with E-state index in [1.807, 2.05) is 5.38 Å². The summed E-state index contributed by atoms with van der Waals surface area (Å²) in [5.41, 5.74) is 1.50. The van der Waals surface area contributed by atoms with Crippen LogP contribution in [-0.2, 0) is 10.0 Å². The second-order valence-corrected chi connectivity index (χ2v) is 9.30. The zero-order valence-corrected chi connectivity index (χ0v) is 18.4. The summed E-state index contributed by atoms with van der Waals surface area (Å²) in [5, 5.41) is 7.09. The molecule has 1 aromatic heterocycles. The molecule has 154 valence electrons. The number of hydrogen-bond donors (Lipinski definition) is 2. The fraction of sp³-hybridized carbons (Fsp3) is 0.450. The molecular weight excluding hydrogens is 394 g/mol. The molecule has 0 saturated carbocycles. The second-order valence-electron chi connectivity index (χ2n) is 6.81. The first kappa shape index (κ1) is 22.5. The Balaban J connectivity index is 2.15. The zero-order valence-electron chi connectivity index (χ0n) is 16.8. The van der Waals surface area contributed by atoms with Gasteiger partial charge in [-0.2, -0.15) is 11.3 Å². The quantitative estimate of drug-likeness (QED) is 0.615. The first-order valence-corrected chi connectivity index (χ1v) is 11.9. The van der Waals surface area contributed by atoms with Gasteiger partial charge in [-0.1, -0.05) is 19.9 Å². The number of benzene rings is 1. The van der Waals surface area contributed by atoms with Gasteiger partial charge in [-0.25, -0.2) is 13.1 Å². The standard InChI is InChI=1S/C20H29N3O3S2/c1-5-23(6-2)19(17-10-11-27-14-17)13-21-20(24)16-8-7-9-18(12-16)28(25,26)22-15(3)4/h7-12,14-15,19,22H,5-6,13H2,1-4H3,(H,21,24). The minimum Gasteiger partial charge on any atom is -0.350 e. The van der Waals surface area contributed by atoms with Crippen molar-refractivity contribution < 1.29 is 13.2 Å². The van der Waals surface area contributed by atoms with Crippen LogP contribution in [0.5, 0.6) is 0 Å². The summed E-state index contributed by atoms with van der Waals surface area (Å²) in [4.78, 5) is 15.1. The normalized spacial score (nSPS) is 13.1. The molecule has 1 unspecified atom stereocenters. The average Bonchev–Trinajstić information content (AvgIpc) is 3.18. The maximum atomic E-state index is 12.7. The van der Waals surface area contributed by atoms with Crippen LogP contribution in [0.15, 0.2) is 46.0 Å². The summed E-state index contributed by atoms with van der Waals surface area (Å²) in [6, 6.07) is 8.06. The van der Waals surface area contributed by atoms with E-state index in [0.29, 0.717) is 12.1 Å². The molecule has 2 N–H and O–H groups in total. The topological polar surface area (TPSA) is 78.5 Å². The van der Waals surface area contributed by atoms with Gasteiger partial charge in [0.2, 0.25) is 10.0 Å². The van der Waals surface area contributed by atoms with Crippen LogP contribution >= 0.6 is 11.3 Å². The largest absolute Gasteiger partial charge is 0.350 e. The number of thiophene rings is 1. The Kier molecular flexibility index (Phi) is 8.18. The number of nitrogens with one attached hydrogen (secondary N) is 2. The smallest absolute Gasteiger partial charge is 0.251 e. The van der Waals surface area contributed by atoms with Gasteiger partial charge in [0.15, 0.2) is 0 Å². The van der Waals surface area contributed by atoms with E-state index in [2.05, 4.69) is 40.2 Å². The summed E-state index contributed by atoms with van der Waals surface area (Å²) in [6.07, 6.45) is 0. The Morgan fingerprint density at radius 3 is 2.46 bits per heavy atom. The van der Waals surface area contributed by atoms with Crippen LogP contribution in [0.4, 0.5) is 0 Å². The number of amides is 1. The van der Waals surface area contributed by atoms with Crippen LogP contribution in [0.2, 0.25) is 0 Å². The van der Waals surface area contributed by atoms with Crippen molar-refractivity contribution in [1.29, 1.82) is 0 Å². The third-order valence-electron chi connectivity index (χ3n) is 4.43. The van der Waals surface area contributed by atoms with E-state index in [1.165, 1.54) is 17.7 Å². The van der Waals surface area contributed by atoms with Gasteiger partial charge in [0.25, 0.3) is 5.91 Å². The maximum Gasteiger partial charge on any atom is 0.251 e. The molecular formula is C20H29N3O3S2. The molecule has 1 amide bonds. The fourth-order valence-electron chi connectivity index (χ4n) is 3.06. The highest BCUT2D eigenvalue weighted by Crippen LogP contribution is 2.22. The van der Waals surface area contributed by atoms with Gasteiger partial charge in [-0.15, -0.1) is 0 Å². The number of rotatable bonds is 10. The van der Waals surface area contributed by atoms with Crippen molar-refractivity contribution in [2.75, 3.05) is 19.6 Å². The lowest BCUT2D eigenvalue weighted by Crippen LogP contribution is -2.38. The number of likely N-dealkylation sites (N-methyl/N-ethyl adjacent to an activating group) is 1. The maximum absolute atomic E-state index is 12.7. The molecule has 0 aliphatic heterocycles. The summed E-state index contributed by atoms with van der Waals surface area (Å²) >= 11 is 1.63. The van der Waals surface area contributed by atoms with E-state index >= 15 is 0 Å². The third-order valence-corrected chi connectivity index (χ3v) is 6.79. The molecule has 0 radical (unpaired) electrons. The van der Waals surface area contributed by atoms with E-state index in [-0.39, 0.29) is 22.9 Å². The third kappa shape index (κ3) is 5.88. The van der Waals surface area contributed by atoms with Gasteiger partial charge in [0, 0.05) is 18.2 Å². The predicted molar refractivity (Wildman–Crippen MR) is 114 cm³/mol. The van der Waals surface area contributed by atoms with E-state index < -0.39 is 10.0 Å². The molecule has 2 rings (SSSR count). The summed E-state index contributed by atoms with van der Waals surface area (Å²) in [6.45, 7) is 9.92. The molecule has 0 fully saturated rings. The van der Waals surface area contributed by atoms with Gasteiger partial charge in [-0.3, -0.25) is 9.69 Å². The number of carbonyl (C=O) groups is 1. The lowest BCUT2D eigenvalue weighted by Gasteiger charge is -2.29. The zero-order chi connectivity index (χ0) is 20.7. The molecule has 1 atom stereocenters. The van der Waals surface area contributed by atoms with E-state index in [4.69, 9.17) is 0 Å². The van der Waals surface area contributed by atoms with Gasteiger partial charge >= 0.3 is 0 Å².